The van der Waals surface area contributed by atoms with Crippen molar-refractivity contribution in [2.45, 2.75) is 39.8 Å². The molecule has 3 aromatic rings. The van der Waals surface area contributed by atoms with Crippen LogP contribution in [-0.2, 0) is 11.3 Å². The van der Waals surface area contributed by atoms with E-state index in [1.54, 1.807) is 34.8 Å². The van der Waals surface area contributed by atoms with Crippen molar-refractivity contribution < 1.29 is 14.3 Å². The van der Waals surface area contributed by atoms with Crippen molar-refractivity contribution >= 4 is 22.6 Å². The molecular formula is C25H32N4O4. The third kappa shape index (κ3) is 5.51. The van der Waals surface area contributed by atoms with Gasteiger partial charge >= 0.3 is 6.03 Å². The number of aromatic nitrogens is 2. The van der Waals surface area contributed by atoms with Crippen molar-refractivity contribution in [3.8, 4) is 5.75 Å². The molecule has 1 N–H and O–H groups in total. The fraction of sp³-hybridized carbons (Fsp3) is 0.400. The zero-order valence-electron chi connectivity index (χ0n) is 19.7. The zero-order valence-corrected chi connectivity index (χ0v) is 19.7. The summed E-state index contributed by atoms with van der Waals surface area (Å²) in [5.41, 5.74) is 1.18. The van der Waals surface area contributed by atoms with E-state index in [0.717, 1.165) is 5.75 Å². The smallest absolute Gasteiger partial charge is 0.322 e. The van der Waals surface area contributed by atoms with Crippen LogP contribution in [0, 0.1) is 0 Å². The lowest BCUT2D eigenvalue weighted by Crippen LogP contribution is -2.42. The number of methoxy groups -OCH3 is 1. The van der Waals surface area contributed by atoms with Gasteiger partial charge < -0.3 is 19.7 Å². The van der Waals surface area contributed by atoms with Crippen molar-refractivity contribution in [1.29, 1.82) is 0 Å². The summed E-state index contributed by atoms with van der Waals surface area (Å²) in [7, 11) is 1.60. The lowest BCUT2D eigenvalue weighted by Gasteiger charge is -2.32. The van der Waals surface area contributed by atoms with E-state index in [0.29, 0.717) is 55.1 Å². The molecule has 1 atom stereocenters. The number of ether oxygens (including phenoxy) is 2. The van der Waals surface area contributed by atoms with Crippen molar-refractivity contribution in [2.24, 2.45) is 0 Å². The molecule has 0 bridgehead atoms. The molecular weight excluding hydrogens is 420 g/mol. The normalized spacial score (nSPS) is 11.9. The van der Waals surface area contributed by atoms with Crippen LogP contribution >= 0.6 is 0 Å². The summed E-state index contributed by atoms with van der Waals surface area (Å²) in [6.07, 6.45) is 0.588. The Balaban J connectivity index is 1.97. The molecule has 33 heavy (non-hydrogen) atoms. The van der Waals surface area contributed by atoms with E-state index in [1.165, 1.54) is 0 Å². The number of carbonyl (C=O) groups excluding carboxylic acids is 1. The van der Waals surface area contributed by atoms with Gasteiger partial charge in [-0.25, -0.2) is 9.78 Å². The highest BCUT2D eigenvalue weighted by molar-refractivity contribution is 5.89. The largest absolute Gasteiger partial charge is 0.494 e. The summed E-state index contributed by atoms with van der Waals surface area (Å²) < 4.78 is 12.4. The summed E-state index contributed by atoms with van der Waals surface area (Å²) in [6.45, 7) is 7.56. The Bertz CT molecular complexity index is 1130. The molecule has 2 amide bonds. The van der Waals surface area contributed by atoms with Gasteiger partial charge in [-0.3, -0.25) is 9.36 Å². The van der Waals surface area contributed by atoms with Gasteiger partial charge in [0, 0.05) is 25.9 Å². The highest BCUT2D eigenvalue weighted by Crippen LogP contribution is 2.25. The third-order valence-electron chi connectivity index (χ3n) is 5.48. The highest BCUT2D eigenvalue weighted by Gasteiger charge is 2.28. The number of nitrogens with zero attached hydrogens (tertiary/aromatic N) is 3. The first-order valence-electron chi connectivity index (χ1n) is 11.3. The van der Waals surface area contributed by atoms with Crippen LogP contribution in [0.5, 0.6) is 5.75 Å². The molecule has 2 aromatic carbocycles. The average Bonchev–Trinajstić information content (AvgIpc) is 2.83. The van der Waals surface area contributed by atoms with E-state index in [-0.39, 0.29) is 11.6 Å². The molecule has 0 spiro atoms. The minimum Gasteiger partial charge on any atom is -0.494 e. The predicted molar refractivity (Wildman–Crippen MR) is 130 cm³/mol. The Labute approximate surface area is 194 Å². The minimum atomic E-state index is -0.403. The van der Waals surface area contributed by atoms with E-state index in [9.17, 15) is 9.59 Å². The number of hydrogen-bond acceptors (Lipinski definition) is 5. The summed E-state index contributed by atoms with van der Waals surface area (Å²) >= 11 is 0. The molecule has 1 heterocycles. The Morgan fingerprint density at radius 3 is 2.48 bits per heavy atom. The molecule has 0 radical (unpaired) electrons. The van der Waals surface area contributed by atoms with Crippen LogP contribution in [0.3, 0.4) is 0 Å². The number of carbonyl (C=O) groups is 1. The summed E-state index contributed by atoms with van der Waals surface area (Å²) in [4.78, 5) is 33.0. The van der Waals surface area contributed by atoms with E-state index in [4.69, 9.17) is 14.5 Å². The number of fused-ring (bicyclic) bond motifs is 1. The van der Waals surface area contributed by atoms with Gasteiger partial charge in [-0.2, -0.15) is 0 Å². The molecule has 8 nitrogen and oxygen atoms in total. The van der Waals surface area contributed by atoms with Gasteiger partial charge in [-0.1, -0.05) is 19.1 Å². The second kappa shape index (κ2) is 11.5. The van der Waals surface area contributed by atoms with Gasteiger partial charge in [0.05, 0.1) is 30.2 Å². The number of nitrogens with one attached hydrogen (secondary N) is 1. The van der Waals surface area contributed by atoms with Gasteiger partial charge in [-0.05, 0) is 56.7 Å². The highest BCUT2D eigenvalue weighted by atomic mass is 16.5. The molecule has 0 aliphatic heterocycles. The molecule has 0 fully saturated rings. The standard InChI is InChI=1S/C25H32N4O4/c1-5-22(23-27-21-11-9-8-10-20(21)24(30)28(23)6-2)29(16-17-32-4)25(31)26-18-12-14-19(15-13-18)33-7-3/h8-15,22H,5-7,16-17H2,1-4H3,(H,26,31). The quantitative estimate of drug-likeness (QED) is 0.491. The number of anilines is 1. The maximum absolute atomic E-state index is 13.4. The summed E-state index contributed by atoms with van der Waals surface area (Å²) in [5.74, 6) is 1.31. The minimum absolute atomic E-state index is 0.102. The van der Waals surface area contributed by atoms with Crippen LogP contribution < -0.4 is 15.6 Å². The van der Waals surface area contributed by atoms with Crippen molar-refractivity contribution in [3.63, 3.8) is 0 Å². The van der Waals surface area contributed by atoms with Crippen molar-refractivity contribution in [1.82, 2.24) is 14.5 Å². The molecule has 1 unspecified atom stereocenters. The van der Waals surface area contributed by atoms with Gasteiger partial charge in [0.25, 0.3) is 5.56 Å². The second-order valence-electron chi connectivity index (χ2n) is 7.53. The monoisotopic (exact) mass is 452 g/mol. The van der Waals surface area contributed by atoms with Crippen LogP contribution in [0.2, 0.25) is 0 Å². The number of benzene rings is 2. The Morgan fingerprint density at radius 1 is 1.12 bits per heavy atom. The Kier molecular flexibility index (Phi) is 8.43. The molecule has 0 saturated carbocycles. The van der Waals surface area contributed by atoms with E-state index in [2.05, 4.69) is 5.32 Å². The summed E-state index contributed by atoms with van der Waals surface area (Å²) in [6, 6.07) is 13.8. The van der Waals surface area contributed by atoms with Crippen molar-refractivity contribution in [2.75, 3.05) is 32.2 Å². The maximum atomic E-state index is 13.4. The molecule has 0 aliphatic rings. The molecule has 0 saturated heterocycles. The van der Waals surface area contributed by atoms with E-state index in [1.807, 2.05) is 51.1 Å². The van der Waals surface area contributed by atoms with Gasteiger partial charge in [0.1, 0.15) is 11.6 Å². The zero-order chi connectivity index (χ0) is 23.8. The van der Waals surface area contributed by atoms with Crippen molar-refractivity contribution in [3.05, 3.63) is 64.7 Å². The van der Waals surface area contributed by atoms with Crippen LogP contribution in [0.1, 0.15) is 39.1 Å². The number of para-hydroxylation sites is 1. The first-order chi connectivity index (χ1) is 16.0. The first kappa shape index (κ1) is 24.3. The lowest BCUT2D eigenvalue weighted by atomic mass is 10.1. The third-order valence-corrected chi connectivity index (χ3v) is 5.48. The van der Waals surface area contributed by atoms with Crippen LogP contribution in [0.15, 0.2) is 53.3 Å². The first-order valence-corrected chi connectivity index (χ1v) is 11.3. The molecule has 176 valence electrons. The molecule has 8 heteroatoms. The lowest BCUT2D eigenvalue weighted by molar-refractivity contribution is 0.130. The number of hydrogen-bond donors (Lipinski definition) is 1. The predicted octanol–water partition coefficient (Wildman–Crippen LogP) is 4.45. The number of rotatable bonds is 10. The SMILES string of the molecule is CCOc1ccc(NC(=O)N(CCOC)C(CC)c2nc3ccccc3c(=O)n2CC)cc1. The molecule has 3 rings (SSSR count). The van der Waals surface area contributed by atoms with Gasteiger partial charge in [0.15, 0.2) is 0 Å². The van der Waals surface area contributed by atoms with E-state index < -0.39 is 6.04 Å². The fourth-order valence-corrected chi connectivity index (χ4v) is 3.87. The fourth-order valence-electron chi connectivity index (χ4n) is 3.87. The Morgan fingerprint density at radius 2 is 1.85 bits per heavy atom. The second-order valence-corrected chi connectivity index (χ2v) is 7.53. The van der Waals surface area contributed by atoms with Crippen LogP contribution in [0.25, 0.3) is 10.9 Å². The van der Waals surface area contributed by atoms with Gasteiger partial charge in [0.2, 0.25) is 0 Å². The molecule has 0 aliphatic carbocycles. The summed E-state index contributed by atoms with van der Waals surface area (Å²) in [5, 5.41) is 3.52. The van der Waals surface area contributed by atoms with Gasteiger partial charge in [-0.15, -0.1) is 0 Å². The number of urea groups is 1. The van der Waals surface area contributed by atoms with Crippen LogP contribution in [-0.4, -0.2) is 47.4 Å². The number of amides is 2. The average molecular weight is 453 g/mol. The maximum Gasteiger partial charge on any atom is 0.322 e. The topological polar surface area (TPSA) is 85.7 Å². The van der Waals surface area contributed by atoms with Crippen LogP contribution in [0.4, 0.5) is 10.5 Å². The Hall–Kier alpha value is -3.39. The van der Waals surface area contributed by atoms with E-state index >= 15 is 0 Å². The molecule has 1 aromatic heterocycles.